The summed E-state index contributed by atoms with van der Waals surface area (Å²) in [5.41, 5.74) is 1.39. The van der Waals surface area contributed by atoms with Crippen molar-refractivity contribution < 1.29 is 21.2 Å². The minimum atomic E-state index is -3.84. The lowest BCUT2D eigenvalue weighted by Gasteiger charge is -2.22. The summed E-state index contributed by atoms with van der Waals surface area (Å²) in [5.74, 6) is -0.983. The molecule has 2 aromatic carbocycles. The van der Waals surface area contributed by atoms with Crippen LogP contribution in [0.15, 0.2) is 53.4 Å². The molecule has 1 aliphatic rings. The van der Waals surface area contributed by atoms with Crippen molar-refractivity contribution in [3.63, 3.8) is 0 Å². The Morgan fingerprint density at radius 2 is 1.67 bits per heavy atom. The molecular formula is C22H28FNO4S2. The monoisotopic (exact) mass is 453 g/mol. The number of hydrogen-bond acceptors (Lipinski definition) is 5. The Labute approximate surface area is 178 Å². The fraction of sp³-hybridized carbons (Fsp3) is 0.455. The van der Waals surface area contributed by atoms with Crippen molar-refractivity contribution in [1.82, 2.24) is 5.32 Å². The summed E-state index contributed by atoms with van der Waals surface area (Å²) in [6.45, 7) is 6.40. The molecule has 30 heavy (non-hydrogen) atoms. The van der Waals surface area contributed by atoms with Crippen molar-refractivity contribution in [2.45, 2.75) is 48.8 Å². The van der Waals surface area contributed by atoms with Crippen molar-refractivity contribution >= 4 is 19.7 Å². The summed E-state index contributed by atoms with van der Waals surface area (Å²) in [6.07, 6.45) is 0.344. The van der Waals surface area contributed by atoms with Gasteiger partial charge in [-0.25, -0.2) is 21.2 Å². The van der Waals surface area contributed by atoms with Crippen molar-refractivity contribution in [2.75, 3.05) is 18.1 Å². The van der Waals surface area contributed by atoms with Crippen molar-refractivity contribution in [3.05, 3.63) is 65.5 Å². The average Bonchev–Trinajstić information content (AvgIpc) is 2.98. The Morgan fingerprint density at radius 1 is 1.03 bits per heavy atom. The first kappa shape index (κ1) is 22.9. The molecule has 1 saturated heterocycles. The first-order valence-electron chi connectivity index (χ1n) is 9.92. The van der Waals surface area contributed by atoms with Gasteiger partial charge in [0.25, 0.3) is 0 Å². The zero-order chi connectivity index (χ0) is 22.2. The van der Waals surface area contributed by atoms with E-state index in [9.17, 15) is 21.2 Å². The second kappa shape index (κ2) is 8.40. The fourth-order valence-corrected chi connectivity index (χ4v) is 8.44. The van der Waals surface area contributed by atoms with Crippen molar-refractivity contribution in [1.29, 1.82) is 0 Å². The molecule has 0 bridgehead atoms. The van der Waals surface area contributed by atoms with Gasteiger partial charge in [0, 0.05) is 6.04 Å². The molecule has 0 unspecified atom stereocenters. The number of benzene rings is 2. The number of nitrogens with one attached hydrogen (secondary N) is 1. The van der Waals surface area contributed by atoms with Gasteiger partial charge in [-0.15, -0.1) is 0 Å². The first-order chi connectivity index (χ1) is 13.9. The summed E-state index contributed by atoms with van der Waals surface area (Å²) in [5, 5.41) is 1.98. The Kier molecular flexibility index (Phi) is 6.41. The SMILES string of the molecule is CC(C)(C)c1ccc(S(=O)(=O)[C@H]2CS(=O)(=O)C[C@@H]2NCCc2ccccc2F)cc1. The van der Waals surface area contributed by atoms with E-state index in [-0.39, 0.29) is 28.4 Å². The van der Waals surface area contributed by atoms with E-state index in [2.05, 4.69) is 5.32 Å². The number of hydrogen-bond donors (Lipinski definition) is 1. The van der Waals surface area contributed by atoms with Crippen LogP contribution in [0.2, 0.25) is 0 Å². The highest BCUT2D eigenvalue weighted by Gasteiger charge is 2.45. The van der Waals surface area contributed by atoms with Gasteiger partial charge in [-0.3, -0.25) is 0 Å². The molecule has 2 aromatic rings. The second-order valence-electron chi connectivity index (χ2n) is 8.84. The molecular weight excluding hydrogens is 425 g/mol. The van der Waals surface area contributed by atoms with E-state index in [0.29, 0.717) is 12.0 Å². The maximum atomic E-state index is 13.8. The smallest absolute Gasteiger partial charge is 0.183 e. The Bertz CT molecular complexity index is 1100. The molecule has 3 rings (SSSR count). The summed E-state index contributed by atoms with van der Waals surface area (Å²) < 4.78 is 64.7. The Balaban J connectivity index is 1.78. The van der Waals surface area contributed by atoms with Crippen LogP contribution in [-0.4, -0.2) is 46.2 Å². The maximum Gasteiger partial charge on any atom is 0.183 e. The molecule has 0 aromatic heterocycles. The van der Waals surface area contributed by atoms with Gasteiger partial charge in [0.15, 0.2) is 19.7 Å². The maximum absolute atomic E-state index is 13.8. The van der Waals surface area contributed by atoms with E-state index < -0.39 is 36.7 Å². The fourth-order valence-electron chi connectivity index (χ4n) is 3.72. The van der Waals surface area contributed by atoms with Gasteiger partial charge in [0.2, 0.25) is 0 Å². The lowest BCUT2D eigenvalue weighted by molar-refractivity contribution is 0.523. The lowest BCUT2D eigenvalue weighted by Crippen LogP contribution is -2.44. The minimum Gasteiger partial charge on any atom is -0.311 e. The molecule has 0 aliphatic carbocycles. The molecule has 1 heterocycles. The van der Waals surface area contributed by atoms with Gasteiger partial charge < -0.3 is 5.32 Å². The Morgan fingerprint density at radius 3 is 2.27 bits per heavy atom. The van der Waals surface area contributed by atoms with E-state index in [1.807, 2.05) is 20.8 Å². The summed E-state index contributed by atoms with van der Waals surface area (Å²) in [6, 6.07) is 12.3. The van der Waals surface area contributed by atoms with Gasteiger partial charge >= 0.3 is 0 Å². The minimum absolute atomic E-state index is 0.115. The quantitative estimate of drug-likeness (QED) is 0.728. The molecule has 1 aliphatic heterocycles. The largest absolute Gasteiger partial charge is 0.311 e. The van der Waals surface area contributed by atoms with Gasteiger partial charge in [-0.2, -0.15) is 0 Å². The van der Waals surface area contributed by atoms with E-state index in [1.54, 1.807) is 42.5 Å². The standard InChI is InChI=1S/C22H28FNO4S2/c1-22(2,3)17-8-10-18(11-9-17)30(27,28)21-15-29(25,26)14-20(21)24-13-12-16-6-4-5-7-19(16)23/h4-11,20-21,24H,12-15H2,1-3H3/t20-,21-/m0/s1. The molecule has 1 N–H and O–H groups in total. The summed E-state index contributed by atoms with van der Waals surface area (Å²) in [4.78, 5) is 0.124. The average molecular weight is 454 g/mol. The second-order valence-corrected chi connectivity index (χ2v) is 13.2. The van der Waals surface area contributed by atoms with Crippen LogP contribution in [0.25, 0.3) is 0 Å². The van der Waals surface area contributed by atoms with Crippen LogP contribution in [-0.2, 0) is 31.5 Å². The molecule has 164 valence electrons. The number of rotatable bonds is 6. The van der Waals surface area contributed by atoms with Gasteiger partial charge in [0.05, 0.1) is 21.7 Å². The van der Waals surface area contributed by atoms with Crippen LogP contribution in [0, 0.1) is 5.82 Å². The van der Waals surface area contributed by atoms with Crippen LogP contribution >= 0.6 is 0 Å². The third-order valence-electron chi connectivity index (χ3n) is 5.51. The predicted octanol–water partition coefficient (Wildman–Crippen LogP) is 2.89. The lowest BCUT2D eigenvalue weighted by atomic mass is 9.87. The zero-order valence-electron chi connectivity index (χ0n) is 17.4. The third kappa shape index (κ3) is 5.10. The molecule has 2 atom stereocenters. The van der Waals surface area contributed by atoms with E-state index >= 15 is 0 Å². The van der Waals surface area contributed by atoms with Crippen LogP contribution in [0.1, 0.15) is 31.9 Å². The summed E-state index contributed by atoms with van der Waals surface area (Å²) in [7, 11) is -7.33. The van der Waals surface area contributed by atoms with Crippen LogP contribution in [0.5, 0.6) is 0 Å². The van der Waals surface area contributed by atoms with Crippen LogP contribution < -0.4 is 5.32 Å². The molecule has 5 nitrogen and oxygen atoms in total. The highest BCUT2D eigenvalue weighted by Crippen LogP contribution is 2.28. The number of sulfone groups is 2. The van der Waals surface area contributed by atoms with E-state index in [4.69, 9.17) is 0 Å². The highest BCUT2D eigenvalue weighted by atomic mass is 32.2. The van der Waals surface area contributed by atoms with Crippen LogP contribution in [0.3, 0.4) is 0 Å². The molecule has 8 heteroatoms. The van der Waals surface area contributed by atoms with Crippen molar-refractivity contribution in [2.24, 2.45) is 0 Å². The van der Waals surface area contributed by atoms with Gasteiger partial charge in [-0.1, -0.05) is 51.1 Å². The first-order valence-corrected chi connectivity index (χ1v) is 13.3. The van der Waals surface area contributed by atoms with E-state index in [1.165, 1.54) is 6.07 Å². The normalized spacial score (nSPS) is 21.6. The molecule has 0 spiro atoms. The zero-order valence-corrected chi connectivity index (χ0v) is 19.1. The molecule has 0 amide bonds. The predicted molar refractivity (Wildman–Crippen MR) is 117 cm³/mol. The Hall–Kier alpha value is -1.77. The van der Waals surface area contributed by atoms with Crippen LogP contribution in [0.4, 0.5) is 4.39 Å². The third-order valence-corrected chi connectivity index (χ3v) is 9.67. The van der Waals surface area contributed by atoms with Gasteiger partial charge in [-0.05, 0) is 47.7 Å². The molecule has 0 radical (unpaired) electrons. The summed E-state index contributed by atoms with van der Waals surface area (Å²) >= 11 is 0. The number of halogens is 1. The topological polar surface area (TPSA) is 80.3 Å². The molecule has 1 fully saturated rings. The van der Waals surface area contributed by atoms with Gasteiger partial charge in [0.1, 0.15) is 5.82 Å². The highest BCUT2D eigenvalue weighted by molar-refractivity contribution is 7.96. The molecule has 0 saturated carbocycles. The van der Waals surface area contributed by atoms with Crippen molar-refractivity contribution in [3.8, 4) is 0 Å². The van der Waals surface area contributed by atoms with E-state index in [0.717, 1.165) is 5.56 Å².